The van der Waals surface area contributed by atoms with Gasteiger partial charge in [-0.2, -0.15) is 0 Å². The topological polar surface area (TPSA) is 88.3 Å². The molecule has 3 amide bonds. The minimum Gasteiger partial charge on any atom is -0.324 e. The molecule has 3 N–H and O–H groups in total. The molecule has 0 saturated carbocycles. The molecule has 0 spiro atoms. The van der Waals surface area contributed by atoms with Crippen LogP contribution in [-0.2, 0) is 10.3 Å². The Bertz CT molecular complexity index is 509. The Morgan fingerprint density at radius 2 is 2.16 bits per heavy atom. The van der Waals surface area contributed by atoms with E-state index in [-0.39, 0.29) is 12.5 Å². The molecule has 19 heavy (non-hydrogen) atoms. The highest BCUT2D eigenvalue weighted by molar-refractivity contribution is 6.07. The van der Waals surface area contributed by atoms with E-state index in [4.69, 9.17) is 5.73 Å². The second-order valence-corrected chi connectivity index (χ2v) is 5.68. The van der Waals surface area contributed by atoms with E-state index < -0.39 is 17.1 Å². The molecule has 1 aromatic rings. The van der Waals surface area contributed by atoms with Crippen LogP contribution in [0, 0.1) is 0 Å². The molecule has 2 heterocycles. The fourth-order valence-electron chi connectivity index (χ4n) is 2.10. The normalized spacial score (nSPS) is 23.7. The summed E-state index contributed by atoms with van der Waals surface area (Å²) in [6.07, 6.45) is 3.20. The van der Waals surface area contributed by atoms with Gasteiger partial charge in [-0.15, -0.1) is 0 Å². The van der Waals surface area contributed by atoms with Crippen LogP contribution in [0.4, 0.5) is 4.79 Å². The Labute approximate surface area is 112 Å². The molecule has 1 aromatic heterocycles. The number of urea groups is 1. The SMILES string of the molecule is CC(C)(N)CN1C(=O)NC(C)(c2cccnc2)C1=O. The summed E-state index contributed by atoms with van der Waals surface area (Å²) in [5.74, 6) is -0.302. The maximum atomic E-state index is 12.5. The first-order chi connectivity index (χ1) is 8.74. The van der Waals surface area contributed by atoms with Gasteiger partial charge in [0.2, 0.25) is 0 Å². The fraction of sp³-hybridized carbons (Fsp3) is 0.462. The second kappa shape index (κ2) is 4.31. The Morgan fingerprint density at radius 1 is 1.47 bits per heavy atom. The lowest BCUT2D eigenvalue weighted by Gasteiger charge is -2.25. The van der Waals surface area contributed by atoms with Gasteiger partial charge in [0, 0.05) is 30.0 Å². The van der Waals surface area contributed by atoms with Crippen LogP contribution >= 0.6 is 0 Å². The number of carbonyl (C=O) groups is 2. The van der Waals surface area contributed by atoms with Crippen LogP contribution in [0.15, 0.2) is 24.5 Å². The van der Waals surface area contributed by atoms with E-state index in [0.29, 0.717) is 5.56 Å². The number of nitrogens with zero attached hydrogens (tertiary/aromatic N) is 2. The second-order valence-electron chi connectivity index (χ2n) is 5.68. The lowest BCUT2D eigenvalue weighted by molar-refractivity contribution is -0.131. The monoisotopic (exact) mass is 262 g/mol. The van der Waals surface area contributed by atoms with Crippen LogP contribution in [0.25, 0.3) is 0 Å². The summed E-state index contributed by atoms with van der Waals surface area (Å²) in [7, 11) is 0. The predicted molar refractivity (Wildman–Crippen MR) is 70.1 cm³/mol. The van der Waals surface area contributed by atoms with E-state index >= 15 is 0 Å². The smallest absolute Gasteiger partial charge is 0.324 e. The number of aromatic nitrogens is 1. The van der Waals surface area contributed by atoms with Gasteiger partial charge in [0.25, 0.3) is 5.91 Å². The number of pyridine rings is 1. The Balaban J connectivity index is 2.32. The van der Waals surface area contributed by atoms with Crippen molar-refractivity contribution in [3.05, 3.63) is 30.1 Å². The molecule has 0 aromatic carbocycles. The molecule has 6 nitrogen and oxygen atoms in total. The van der Waals surface area contributed by atoms with Crippen LogP contribution in [0.1, 0.15) is 26.3 Å². The summed E-state index contributed by atoms with van der Waals surface area (Å²) in [4.78, 5) is 29.6. The molecule has 102 valence electrons. The van der Waals surface area contributed by atoms with E-state index in [0.717, 1.165) is 4.90 Å². The number of hydrogen-bond acceptors (Lipinski definition) is 4. The lowest BCUT2D eigenvalue weighted by atomic mass is 9.93. The summed E-state index contributed by atoms with van der Waals surface area (Å²) in [5, 5.41) is 2.71. The van der Waals surface area contributed by atoms with E-state index in [1.165, 1.54) is 0 Å². The van der Waals surface area contributed by atoms with Gasteiger partial charge in [0.05, 0.1) is 0 Å². The average Bonchev–Trinajstić information content (AvgIpc) is 2.54. The first-order valence-corrected chi connectivity index (χ1v) is 6.07. The Hall–Kier alpha value is -1.95. The van der Waals surface area contributed by atoms with Gasteiger partial charge >= 0.3 is 6.03 Å². The van der Waals surface area contributed by atoms with E-state index in [2.05, 4.69) is 10.3 Å². The van der Waals surface area contributed by atoms with Crippen molar-refractivity contribution in [3.8, 4) is 0 Å². The maximum Gasteiger partial charge on any atom is 0.325 e. The van der Waals surface area contributed by atoms with Crippen molar-refractivity contribution in [2.45, 2.75) is 31.8 Å². The van der Waals surface area contributed by atoms with Gasteiger partial charge in [0.1, 0.15) is 5.54 Å². The number of amides is 3. The summed E-state index contributed by atoms with van der Waals surface area (Å²) < 4.78 is 0. The van der Waals surface area contributed by atoms with E-state index in [9.17, 15) is 9.59 Å². The largest absolute Gasteiger partial charge is 0.325 e. The number of imide groups is 1. The van der Waals surface area contributed by atoms with Crippen molar-refractivity contribution in [1.82, 2.24) is 15.2 Å². The minimum absolute atomic E-state index is 0.174. The molecule has 1 saturated heterocycles. The quantitative estimate of drug-likeness (QED) is 0.780. The number of nitrogens with two attached hydrogens (primary N) is 1. The summed E-state index contributed by atoms with van der Waals surface area (Å²) >= 11 is 0. The van der Waals surface area contributed by atoms with Gasteiger partial charge < -0.3 is 11.1 Å². The Kier molecular flexibility index (Phi) is 3.06. The molecule has 1 aliphatic heterocycles. The Morgan fingerprint density at radius 3 is 2.68 bits per heavy atom. The van der Waals surface area contributed by atoms with Gasteiger partial charge in [-0.1, -0.05) is 6.07 Å². The summed E-state index contributed by atoms with van der Waals surface area (Å²) in [6.45, 7) is 5.39. The fourth-order valence-corrected chi connectivity index (χ4v) is 2.10. The van der Waals surface area contributed by atoms with E-state index in [1.54, 1.807) is 45.3 Å². The molecule has 1 unspecified atom stereocenters. The molecule has 0 bridgehead atoms. The third-order valence-electron chi connectivity index (χ3n) is 3.08. The summed E-state index contributed by atoms with van der Waals surface area (Å²) in [5.41, 5.74) is 4.83. The van der Waals surface area contributed by atoms with Crippen molar-refractivity contribution in [3.63, 3.8) is 0 Å². The zero-order valence-electron chi connectivity index (χ0n) is 11.3. The van der Waals surface area contributed by atoms with Crippen molar-refractivity contribution >= 4 is 11.9 Å². The number of carbonyl (C=O) groups excluding carboxylic acids is 2. The highest BCUT2D eigenvalue weighted by Gasteiger charge is 2.49. The molecule has 1 fully saturated rings. The highest BCUT2D eigenvalue weighted by Crippen LogP contribution is 2.28. The molecule has 1 atom stereocenters. The van der Waals surface area contributed by atoms with Crippen LogP contribution in [-0.4, -0.2) is 33.9 Å². The molecule has 2 rings (SSSR count). The average molecular weight is 262 g/mol. The van der Waals surface area contributed by atoms with Gasteiger partial charge in [0.15, 0.2) is 0 Å². The molecular weight excluding hydrogens is 244 g/mol. The van der Waals surface area contributed by atoms with Gasteiger partial charge in [-0.05, 0) is 26.8 Å². The zero-order chi connectivity index (χ0) is 14.3. The predicted octanol–water partition coefficient (Wildman–Crippen LogP) is 0.586. The van der Waals surface area contributed by atoms with E-state index in [1.807, 2.05) is 0 Å². The number of nitrogens with one attached hydrogen (secondary N) is 1. The summed E-state index contributed by atoms with van der Waals surface area (Å²) in [6, 6.07) is 3.08. The van der Waals surface area contributed by atoms with Gasteiger partial charge in [-0.3, -0.25) is 14.7 Å². The third-order valence-corrected chi connectivity index (χ3v) is 3.08. The number of hydrogen-bond donors (Lipinski definition) is 2. The van der Waals surface area contributed by atoms with Gasteiger partial charge in [-0.25, -0.2) is 4.79 Å². The van der Waals surface area contributed by atoms with Crippen LogP contribution in [0.3, 0.4) is 0 Å². The standard InChI is InChI=1S/C13H18N4O2/c1-12(2,14)8-17-10(18)13(3,16-11(17)19)9-5-4-6-15-7-9/h4-7H,8,14H2,1-3H3,(H,16,19). The first-order valence-electron chi connectivity index (χ1n) is 6.07. The van der Waals surface area contributed by atoms with Crippen molar-refractivity contribution in [1.29, 1.82) is 0 Å². The van der Waals surface area contributed by atoms with Crippen molar-refractivity contribution < 1.29 is 9.59 Å². The molecule has 0 aliphatic carbocycles. The lowest BCUT2D eigenvalue weighted by Crippen LogP contribution is -2.48. The maximum absolute atomic E-state index is 12.5. The minimum atomic E-state index is -1.07. The molecule has 0 radical (unpaired) electrons. The van der Waals surface area contributed by atoms with Crippen molar-refractivity contribution in [2.75, 3.05) is 6.54 Å². The first kappa shape index (κ1) is 13.5. The van der Waals surface area contributed by atoms with Crippen molar-refractivity contribution in [2.24, 2.45) is 5.73 Å². The number of rotatable bonds is 3. The van der Waals surface area contributed by atoms with Crippen LogP contribution in [0.5, 0.6) is 0 Å². The van der Waals surface area contributed by atoms with Crippen LogP contribution in [0.2, 0.25) is 0 Å². The third kappa shape index (κ3) is 2.44. The molecular formula is C13H18N4O2. The molecule has 1 aliphatic rings. The highest BCUT2D eigenvalue weighted by atomic mass is 16.2. The molecule has 6 heteroatoms. The van der Waals surface area contributed by atoms with Crippen LogP contribution < -0.4 is 11.1 Å². The zero-order valence-corrected chi connectivity index (χ0v) is 11.3.